The lowest BCUT2D eigenvalue weighted by Crippen LogP contribution is -2.42. The van der Waals surface area contributed by atoms with Crippen LogP contribution in [0, 0.1) is 5.92 Å². The summed E-state index contributed by atoms with van der Waals surface area (Å²) in [7, 11) is -1.18. The van der Waals surface area contributed by atoms with Gasteiger partial charge >= 0.3 is 0 Å². The van der Waals surface area contributed by atoms with Gasteiger partial charge in [0.15, 0.2) is 9.84 Å². The average molecular weight is 278 g/mol. The van der Waals surface area contributed by atoms with E-state index in [-0.39, 0.29) is 17.4 Å². The second kappa shape index (κ2) is 7.55. The summed E-state index contributed by atoms with van der Waals surface area (Å²) in [4.78, 5) is 4.25. The number of sulfone groups is 1. The Morgan fingerprint density at radius 2 is 2.33 bits per heavy atom. The SMILES string of the molecule is COCCCNC(=NCC1CCS(=O)(=O)C1)NN. The van der Waals surface area contributed by atoms with Crippen LogP contribution in [0.15, 0.2) is 4.99 Å². The fraction of sp³-hybridized carbons (Fsp3) is 0.900. The summed E-state index contributed by atoms with van der Waals surface area (Å²) in [5.74, 6) is 6.45. The molecule has 0 saturated carbocycles. The third-order valence-corrected chi connectivity index (χ3v) is 4.63. The lowest BCUT2D eigenvalue weighted by atomic mass is 10.1. The van der Waals surface area contributed by atoms with Crippen molar-refractivity contribution in [2.24, 2.45) is 16.8 Å². The van der Waals surface area contributed by atoms with Gasteiger partial charge in [0.1, 0.15) is 0 Å². The van der Waals surface area contributed by atoms with Crippen LogP contribution in [0.1, 0.15) is 12.8 Å². The van der Waals surface area contributed by atoms with Crippen molar-refractivity contribution in [2.45, 2.75) is 12.8 Å². The van der Waals surface area contributed by atoms with E-state index in [0.717, 1.165) is 6.42 Å². The van der Waals surface area contributed by atoms with Gasteiger partial charge in [0.05, 0.1) is 11.5 Å². The van der Waals surface area contributed by atoms with E-state index in [9.17, 15) is 8.42 Å². The van der Waals surface area contributed by atoms with Crippen LogP contribution in [0.4, 0.5) is 0 Å². The molecule has 1 aliphatic rings. The minimum Gasteiger partial charge on any atom is -0.385 e. The highest BCUT2D eigenvalue weighted by Gasteiger charge is 2.27. The zero-order valence-corrected chi connectivity index (χ0v) is 11.5. The van der Waals surface area contributed by atoms with Crippen LogP contribution in [-0.4, -0.2) is 52.7 Å². The Hall–Kier alpha value is -0.860. The fourth-order valence-corrected chi connectivity index (χ4v) is 3.66. The van der Waals surface area contributed by atoms with Gasteiger partial charge in [-0.05, 0) is 18.8 Å². The molecule has 4 N–H and O–H groups in total. The summed E-state index contributed by atoms with van der Waals surface area (Å²) in [6.07, 6.45) is 1.54. The molecule has 7 nitrogen and oxygen atoms in total. The highest BCUT2D eigenvalue weighted by Crippen LogP contribution is 2.18. The maximum Gasteiger partial charge on any atom is 0.205 e. The van der Waals surface area contributed by atoms with Gasteiger partial charge in [-0.3, -0.25) is 10.4 Å². The minimum absolute atomic E-state index is 0.110. The monoisotopic (exact) mass is 278 g/mol. The summed E-state index contributed by atoms with van der Waals surface area (Å²) in [6, 6.07) is 0. The molecule has 18 heavy (non-hydrogen) atoms. The Bertz CT molecular complexity index is 369. The van der Waals surface area contributed by atoms with Crippen molar-refractivity contribution in [1.82, 2.24) is 10.7 Å². The maximum atomic E-state index is 11.3. The average Bonchev–Trinajstić information content (AvgIpc) is 2.68. The number of aliphatic imine (C=N–C) groups is 1. The minimum atomic E-state index is -2.83. The first-order valence-electron chi connectivity index (χ1n) is 6.01. The first kappa shape index (κ1) is 15.2. The van der Waals surface area contributed by atoms with Gasteiger partial charge in [-0.15, -0.1) is 0 Å². The summed E-state index contributed by atoms with van der Waals surface area (Å²) in [5, 5.41) is 3.03. The molecule has 0 amide bonds. The molecule has 0 aliphatic carbocycles. The molecule has 1 rings (SSSR count). The fourth-order valence-electron chi connectivity index (χ4n) is 1.81. The van der Waals surface area contributed by atoms with Crippen molar-refractivity contribution in [1.29, 1.82) is 0 Å². The van der Waals surface area contributed by atoms with E-state index in [4.69, 9.17) is 10.6 Å². The summed E-state index contributed by atoms with van der Waals surface area (Å²) < 4.78 is 27.5. The largest absolute Gasteiger partial charge is 0.385 e. The molecule has 0 aromatic rings. The first-order valence-corrected chi connectivity index (χ1v) is 7.84. The van der Waals surface area contributed by atoms with Crippen molar-refractivity contribution < 1.29 is 13.2 Å². The predicted molar refractivity (Wildman–Crippen MR) is 70.9 cm³/mol. The third kappa shape index (κ3) is 5.65. The molecule has 1 fully saturated rings. The number of ether oxygens (including phenoxy) is 1. The zero-order chi connectivity index (χ0) is 13.4. The highest BCUT2D eigenvalue weighted by atomic mass is 32.2. The highest BCUT2D eigenvalue weighted by molar-refractivity contribution is 7.91. The number of hydrogen-bond acceptors (Lipinski definition) is 5. The molecule has 0 aromatic heterocycles. The quantitative estimate of drug-likeness (QED) is 0.187. The Morgan fingerprint density at radius 3 is 2.89 bits per heavy atom. The number of hydrazine groups is 1. The van der Waals surface area contributed by atoms with Crippen molar-refractivity contribution >= 4 is 15.8 Å². The zero-order valence-electron chi connectivity index (χ0n) is 10.7. The predicted octanol–water partition coefficient (Wildman–Crippen LogP) is -1.13. The molecule has 1 unspecified atom stereocenters. The van der Waals surface area contributed by atoms with Gasteiger partial charge in [0.2, 0.25) is 5.96 Å². The smallest absolute Gasteiger partial charge is 0.205 e. The number of rotatable bonds is 6. The molecule has 8 heteroatoms. The van der Waals surface area contributed by atoms with Crippen LogP contribution in [-0.2, 0) is 14.6 Å². The third-order valence-electron chi connectivity index (χ3n) is 2.79. The summed E-state index contributed by atoms with van der Waals surface area (Å²) in [6.45, 7) is 1.86. The molecule has 106 valence electrons. The molecule has 1 saturated heterocycles. The Kier molecular flexibility index (Phi) is 6.37. The molecule has 0 radical (unpaired) electrons. The number of nitrogens with zero attached hydrogens (tertiary/aromatic N) is 1. The van der Waals surface area contributed by atoms with E-state index < -0.39 is 9.84 Å². The van der Waals surface area contributed by atoms with E-state index in [1.807, 2.05) is 0 Å². The van der Waals surface area contributed by atoms with Gasteiger partial charge in [-0.1, -0.05) is 0 Å². The maximum absolute atomic E-state index is 11.3. The van der Waals surface area contributed by atoms with Crippen molar-refractivity contribution in [3.8, 4) is 0 Å². The van der Waals surface area contributed by atoms with Crippen LogP contribution in [0.25, 0.3) is 0 Å². The van der Waals surface area contributed by atoms with Crippen LogP contribution < -0.4 is 16.6 Å². The molecular weight excluding hydrogens is 256 g/mol. The lowest BCUT2D eigenvalue weighted by Gasteiger charge is -2.10. The Morgan fingerprint density at radius 1 is 1.56 bits per heavy atom. The Labute approximate surface area is 108 Å². The molecule has 0 spiro atoms. The van der Waals surface area contributed by atoms with Crippen LogP contribution in [0.2, 0.25) is 0 Å². The number of nitrogens with two attached hydrogens (primary N) is 1. The number of hydrogen-bond donors (Lipinski definition) is 3. The van der Waals surface area contributed by atoms with Crippen molar-refractivity contribution in [3.63, 3.8) is 0 Å². The van der Waals surface area contributed by atoms with E-state index in [1.54, 1.807) is 7.11 Å². The van der Waals surface area contributed by atoms with E-state index in [2.05, 4.69) is 15.7 Å². The number of nitrogens with one attached hydrogen (secondary N) is 2. The van der Waals surface area contributed by atoms with Crippen molar-refractivity contribution in [3.05, 3.63) is 0 Å². The van der Waals surface area contributed by atoms with E-state index in [1.165, 1.54) is 0 Å². The van der Waals surface area contributed by atoms with E-state index in [0.29, 0.717) is 32.1 Å². The van der Waals surface area contributed by atoms with Gasteiger partial charge in [0, 0.05) is 26.8 Å². The molecule has 1 heterocycles. The number of guanidine groups is 1. The number of methoxy groups -OCH3 is 1. The normalized spacial score (nSPS) is 23.0. The molecule has 1 atom stereocenters. The lowest BCUT2D eigenvalue weighted by molar-refractivity contribution is 0.195. The Balaban J connectivity index is 2.29. The summed E-state index contributed by atoms with van der Waals surface area (Å²) in [5.41, 5.74) is 2.47. The van der Waals surface area contributed by atoms with Gasteiger partial charge in [0.25, 0.3) is 0 Å². The van der Waals surface area contributed by atoms with Gasteiger partial charge < -0.3 is 10.1 Å². The standard InChI is InChI=1S/C10H22N4O3S/c1-17-5-2-4-12-10(14-11)13-7-9-3-6-18(15,16)8-9/h9H,2-8,11H2,1H3,(H2,12,13,14). The van der Waals surface area contributed by atoms with Crippen LogP contribution >= 0.6 is 0 Å². The van der Waals surface area contributed by atoms with Crippen molar-refractivity contribution in [2.75, 3.05) is 38.3 Å². The summed E-state index contributed by atoms with van der Waals surface area (Å²) >= 11 is 0. The second-order valence-corrected chi connectivity index (χ2v) is 6.60. The van der Waals surface area contributed by atoms with E-state index >= 15 is 0 Å². The first-order chi connectivity index (χ1) is 8.57. The molecular formula is C10H22N4O3S. The molecule has 0 bridgehead atoms. The van der Waals surface area contributed by atoms with Gasteiger partial charge in [-0.25, -0.2) is 14.3 Å². The molecule has 1 aliphatic heterocycles. The second-order valence-electron chi connectivity index (χ2n) is 4.38. The van der Waals surface area contributed by atoms with Crippen LogP contribution in [0.3, 0.4) is 0 Å². The topological polar surface area (TPSA) is 106 Å². The molecule has 0 aromatic carbocycles. The van der Waals surface area contributed by atoms with Crippen LogP contribution in [0.5, 0.6) is 0 Å². The van der Waals surface area contributed by atoms with Gasteiger partial charge in [-0.2, -0.15) is 0 Å².